The molecule has 0 aromatic rings. The van der Waals surface area contributed by atoms with Crippen molar-refractivity contribution in [1.29, 1.82) is 0 Å². The Hall–Kier alpha value is -4.45. The summed E-state index contributed by atoms with van der Waals surface area (Å²) in [6, 6.07) is 0. The van der Waals surface area contributed by atoms with Gasteiger partial charge < -0.3 is 14.2 Å². The first kappa shape index (κ1) is 74.5. The van der Waals surface area contributed by atoms with E-state index in [2.05, 4.69) is 154 Å². The fourth-order valence-electron chi connectivity index (χ4n) is 8.83. The molecule has 0 aromatic carbocycles. The molecule has 0 aliphatic heterocycles. The van der Waals surface area contributed by atoms with Gasteiger partial charge in [-0.05, 0) is 116 Å². The molecule has 0 saturated carbocycles. The Bertz CT molecular complexity index is 1680. The zero-order chi connectivity index (χ0) is 57.1. The molecule has 0 aliphatic carbocycles. The number of unbranched alkanes of at least 4 members (excludes halogenated alkanes) is 25. The molecule has 0 rings (SSSR count). The summed E-state index contributed by atoms with van der Waals surface area (Å²) < 4.78 is 16.9. The highest BCUT2D eigenvalue weighted by atomic mass is 16.6. The average Bonchev–Trinajstić information content (AvgIpc) is 3.45. The van der Waals surface area contributed by atoms with E-state index in [1.807, 2.05) is 0 Å². The van der Waals surface area contributed by atoms with Crippen molar-refractivity contribution in [3.63, 3.8) is 0 Å². The Kier molecular flexibility index (Phi) is 62.3. The molecule has 1 unspecified atom stereocenters. The van der Waals surface area contributed by atoms with Gasteiger partial charge in [-0.3, -0.25) is 14.4 Å². The van der Waals surface area contributed by atoms with Crippen LogP contribution in [0, 0.1) is 0 Å². The maximum atomic E-state index is 12.9. The molecular weight excluding hydrogens is 973 g/mol. The Morgan fingerprint density at radius 1 is 0.266 bits per heavy atom. The topological polar surface area (TPSA) is 78.9 Å². The number of allylic oxidation sites excluding steroid dienone is 22. The highest BCUT2D eigenvalue weighted by Gasteiger charge is 2.19. The summed E-state index contributed by atoms with van der Waals surface area (Å²) in [5.74, 6) is -0.908. The van der Waals surface area contributed by atoms with E-state index in [-0.39, 0.29) is 31.1 Å². The Morgan fingerprint density at radius 3 is 0.772 bits per heavy atom. The lowest BCUT2D eigenvalue weighted by atomic mass is 10.0. The van der Waals surface area contributed by atoms with Gasteiger partial charge in [0.25, 0.3) is 0 Å². The minimum Gasteiger partial charge on any atom is -0.462 e. The summed E-state index contributed by atoms with van der Waals surface area (Å²) in [7, 11) is 0. The van der Waals surface area contributed by atoms with Crippen molar-refractivity contribution in [2.24, 2.45) is 0 Å². The van der Waals surface area contributed by atoms with Crippen molar-refractivity contribution in [3.8, 4) is 0 Å². The predicted molar refractivity (Wildman–Crippen MR) is 343 cm³/mol. The van der Waals surface area contributed by atoms with Gasteiger partial charge in [-0.2, -0.15) is 0 Å². The summed E-state index contributed by atoms with van der Waals surface area (Å²) >= 11 is 0. The number of ether oxygens (including phenoxy) is 3. The summed E-state index contributed by atoms with van der Waals surface area (Å²) in [5.41, 5.74) is 0. The summed E-state index contributed by atoms with van der Waals surface area (Å²) in [6.07, 6.45) is 93.3. The molecule has 0 saturated heterocycles. The second-order valence-electron chi connectivity index (χ2n) is 21.3. The van der Waals surface area contributed by atoms with E-state index in [1.54, 1.807) is 0 Å². The van der Waals surface area contributed by atoms with Gasteiger partial charge in [-0.15, -0.1) is 0 Å². The number of esters is 3. The minimum atomic E-state index is -0.791. The summed E-state index contributed by atoms with van der Waals surface area (Å²) in [5, 5.41) is 0. The van der Waals surface area contributed by atoms with Gasteiger partial charge in [0.1, 0.15) is 13.2 Å². The molecule has 0 bridgehead atoms. The first-order valence-electron chi connectivity index (χ1n) is 32.7. The molecule has 0 fully saturated rings. The van der Waals surface area contributed by atoms with Crippen LogP contribution >= 0.6 is 0 Å². The molecule has 6 heteroatoms. The lowest BCUT2D eigenvalue weighted by molar-refractivity contribution is -0.167. The number of rotatable bonds is 58. The summed E-state index contributed by atoms with van der Waals surface area (Å²) in [6.45, 7) is 6.38. The molecule has 0 N–H and O–H groups in total. The van der Waals surface area contributed by atoms with Crippen molar-refractivity contribution in [1.82, 2.24) is 0 Å². The van der Waals surface area contributed by atoms with E-state index >= 15 is 0 Å². The second-order valence-corrected chi connectivity index (χ2v) is 21.3. The van der Waals surface area contributed by atoms with Crippen molar-refractivity contribution >= 4 is 17.9 Å². The van der Waals surface area contributed by atoms with Crippen LogP contribution in [0.3, 0.4) is 0 Å². The molecule has 0 aromatic heterocycles. The van der Waals surface area contributed by atoms with Gasteiger partial charge in [0, 0.05) is 19.3 Å². The zero-order valence-electron chi connectivity index (χ0n) is 51.3. The third-order valence-corrected chi connectivity index (χ3v) is 13.7. The molecule has 0 aliphatic rings. The number of carbonyl (C=O) groups excluding carboxylic acids is 3. The second kappa shape index (κ2) is 66.1. The first-order chi connectivity index (χ1) is 39.0. The number of hydrogen-bond donors (Lipinski definition) is 0. The van der Waals surface area contributed by atoms with E-state index in [9.17, 15) is 14.4 Å². The third kappa shape index (κ3) is 64.3. The Morgan fingerprint density at radius 2 is 0.494 bits per heavy atom. The van der Waals surface area contributed by atoms with Crippen LogP contribution in [0.4, 0.5) is 0 Å². The van der Waals surface area contributed by atoms with Crippen molar-refractivity contribution in [3.05, 3.63) is 134 Å². The smallest absolute Gasteiger partial charge is 0.306 e. The summed E-state index contributed by atoms with van der Waals surface area (Å²) in [4.78, 5) is 38.2. The Balaban J connectivity index is 4.22. The number of carbonyl (C=O) groups is 3. The molecule has 448 valence electrons. The predicted octanol–water partition coefficient (Wildman–Crippen LogP) is 22.5. The quantitative estimate of drug-likeness (QED) is 0.0261. The molecule has 0 amide bonds. The molecular formula is C73H120O6. The van der Waals surface area contributed by atoms with Crippen LogP contribution in [-0.4, -0.2) is 37.2 Å². The molecule has 0 spiro atoms. The van der Waals surface area contributed by atoms with Crippen LogP contribution in [0.1, 0.15) is 290 Å². The average molecular weight is 1090 g/mol. The minimum absolute atomic E-state index is 0.0872. The fourth-order valence-corrected chi connectivity index (χ4v) is 8.83. The lowest BCUT2D eigenvalue weighted by Gasteiger charge is -2.18. The third-order valence-electron chi connectivity index (χ3n) is 13.7. The number of hydrogen-bond acceptors (Lipinski definition) is 6. The standard InChI is InChI=1S/C73H120O6/c1-4-7-10-13-16-19-21-23-25-27-29-31-32-33-34-35-36-37-38-39-40-42-43-45-47-49-51-54-57-60-63-66-72(75)78-69-70(68-77-71(74)65-62-59-56-53-18-15-12-9-6-3)79-73(76)67-64-61-58-55-52-50-48-46-44-41-30-28-26-24-22-20-17-14-11-8-5-2/h7-8,10-11,16-17,19-20,23-26,29-31,33-34,36-37,41,46,48,70H,4-6,9,12-15,18,21-22,27-28,32,35,38-40,42-45,47,49-69H2,1-3H3/b10-7-,11-8-,19-16-,20-17-,25-23-,26-24-,31-29-,34-33-,37-36-,41-30-,48-46-. The van der Waals surface area contributed by atoms with Crippen LogP contribution in [-0.2, 0) is 28.6 Å². The van der Waals surface area contributed by atoms with Crippen LogP contribution in [0.5, 0.6) is 0 Å². The van der Waals surface area contributed by atoms with Crippen LogP contribution in [0.15, 0.2) is 134 Å². The van der Waals surface area contributed by atoms with Gasteiger partial charge >= 0.3 is 17.9 Å². The van der Waals surface area contributed by atoms with Crippen molar-refractivity contribution in [2.75, 3.05) is 13.2 Å². The normalized spacial score (nSPS) is 13.0. The maximum absolute atomic E-state index is 12.9. The van der Waals surface area contributed by atoms with E-state index < -0.39 is 6.10 Å². The van der Waals surface area contributed by atoms with Crippen LogP contribution in [0.25, 0.3) is 0 Å². The highest BCUT2D eigenvalue weighted by Crippen LogP contribution is 2.16. The molecule has 0 heterocycles. The molecule has 6 nitrogen and oxygen atoms in total. The highest BCUT2D eigenvalue weighted by molar-refractivity contribution is 5.71. The molecule has 0 radical (unpaired) electrons. The molecule has 79 heavy (non-hydrogen) atoms. The monoisotopic (exact) mass is 1090 g/mol. The lowest BCUT2D eigenvalue weighted by Crippen LogP contribution is -2.30. The van der Waals surface area contributed by atoms with Gasteiger partial charge in [0.05, 0.1) is 0 Å². The molecule has 1 atom stereocenters. The van der Waals surface area contributed by atoms with E-state index in [0.717, 1.165) is 148 Å². The van der Waals surface area contributed by atoms with Gasteiger partial charge in [-0.25, -0.2) is 0 Å². The fraction of sp³-hybridized carbons (Fsp3) is 0.658. The Labute approximate surface area is 487 Å². The van der Waals surface area contributed by atoms with Crippen molar-refractivity contribution in [2.45, 2.75) is 297 Å². The zero-order valence-corrected chi connectivity index (χ0v) is 51.3. The first-order valence-corrected chi connectivity index (χ1v) is 32.7. The van der Waals surface area contributed by atoms with Crippen LogP contribution < -0.4 is 0 Å². The van der Waals surface area contributed by atoms with Gasteiger partial charge in [-0.1, -0.05) is 289 Å². The van der Waals surface area contributed by atoms with E-state index in [0.29, 0.717) is 19.3 Å². The van der Waals surface area contributed by atoms with E-state index in [4.69, 9.17) is 14.2 Å². The van der Waals surface area contributed by atoms with Crippen LogP contribution in [0.2, 0.25) is 0 Å². The van der Waals surface area contributed by atoms with E-state index in [1.165, 1.54) is 103 Å². The largest absolute Gasteiger partial charge is 0.462 e. The van der Waals surface area contributed by atoms with Gasteiger partial charge in [0.2, 0.25) is 0 Å². The van der Waals surface area contributed by atoms with Gasteiger partial charge in [0.15, 0.2) is 6.10 Å². The van der Waals surface area contributed by atoms with Crippen molar-refractivity contribution < 1.29 is 28.6 Å². The maximum Gasteiger partial charge on any atom is 0.306 e. The SMILES string of the molecule is CC/C=C\C/C=C\C/C=C\C/C=C\C/C=C\C/C=C\CCCCCCCCCCCCCCC(=O)OCC(COC(=O)CCCCCCCCCCC)OC(=O)CCCCCCC/C=C\C/C=C\C/C=C\C/C=C\C/C=C\CC.